The van der Waals surface area contributed by atoms with Crippen molar-refractivity contribution in [3.8, 4) is 0 Å². The lowest BCUT2D eigenvalue weighted by Gasteiger charge is -2.32. The third kappa shape index (κ3) is 3.68. The fourth-order valence-electron chi connectivity index (χ4n) is 4.56. The van der Waals surface area contributed by atoms with Crippen LogP contribution in [0.2, 0.25) is 0 Å². The van der Waals surface area contributed by atoms with Crippen LogP contribution in [0.15, 0.2) is 42.0 Å². The van der Waals surface area contributed by atoms with Crippen LogP contribution in [0.5, 0.6) is 0 Å². The Hall–Kier alpha value is -1.56. The normalized spacial score (nSPS) is 16.7. The van der Waals surface area contributed by atoms with Crippen molar-refractivity contribution in [1.82, 2.24) is 0 Å². The van der Waals surface area contributed by atoms with Gasteiger partial charge in [-0.1, -0.05) is 88.4 Å². The second kappa shape index (κ2) is 8.70. The van der Waals surface area contributed by atoms with Crippen LogP contribution in [0.25, 0.3) is 16.3 Å². The van der Waals surface area contributed by atoms with E-state index in [-0.39, 0.29) is 0 Å². The highest BCUT2D eigenvalue weighted by Crippen LogP contribution is 2.48. The van der Waals surface area contributed by atoms with Crippen LogP contribution in [0.1, 0.15) is 95.6 Å². The standard InChI is InChI=1S/C25H34/c1-4-7-14-20-21(15-8-5-2)23-17-10-12-19-13-11-18-24(25(19)23)22(20)16-9-6-3/h10-13,17-18,21H,4-9,14-16H2,1-3H3. The van der Waals surface area contributed by atoms with E-state index in [1.807, 2.05) is 0 Å². The molecule has 0 aromatic heterocycles. The summed E-state index contributed by atoms with van der Waals surface area (Å²) in [5.74, 6) is 0.650. The molecule has 0 fully saturated rings. The molecule has 134 valence electrons. The number of hydrogen-bond donors (Lipinski definition) is 0. The first-order valence-electron chi connectivity index (χ1n) is 10.6. The van der Waals surface area contributed by atoms with E-state index >= 15 is 0 Å². The second-order valence-electron chi connectivity index (χ2n) is 7.66. The van der Waals surface area contributed by atoms with Crippen molar-refractivity contribution < 1.29 is 0 Å². The van der Waals surface area contributed by atoms with Crippen LogP contribution >= 0.6 is 0 Å². The summed E-state index contributed by atoms with van der Waals surface area (Å²) in [7, 11) is 0. The van der Waals surface area contributed by atoms with E-state index in [0.29, 0.717) is 5.92 Å². The summed E-state index contributed by atoms with van der Waals surface area (Å²) in [4.78, 5) is 0. The van der Waals surface area contributed by atoms with Crippen molar-refractivity contribution in [2.45, 2.75) is 84.5 Å². The number of hydrogen-bond acceptors (Lipinski definition) is 0. The van der Waals surface area contributed by atoms with Crippen LogP contribution in [-0.2, 0) is 0 Å². The Morgan fingerprint density at radius 2 is 1.44 bits per heavy atom. The predicted octanol–water partition coefficient (Wildman–Crippen LogP) is 8.26. The van der Waals surface area contributed by atoms with Crippen molar-refractivity contribution in [3.63, 3.8) is 0 Å². The minimum atomic E-state index is 0.650. The first-order chi connectivity index (χ1) is 12.3. The maximum absolute atomic E-state index is 2.41. The smallest absolute Gasteiger partial charge is 0.00605 e. The van der Waals surface area contributed by atoms with Crippen molar-refractivity contribution in [1.29, 1.82) is 0 Å². The number of rotatable bonds is 9. The number of allylic oxidation sites excluding steroid dienone is 2. The Morgan fingerprint density at radius 3 is 2.16 bits per heavy atom. The average molecular weight is 335 g/mol. The molecule has 1 aliphatic rings. The molecule has 0 N–H and O–H groups in total. The van der Waals surface area contributed by atoms with E-state index in [0.717, 1.165) is 0 Å². The molecule has 2 aromatic rings. The summed E-state index contributed by atoms with van der Waals surface area (Å²) in [6.45, 7) is 6.97. The number of unbranched alkanes of at least 4 members (excludes halogenated alkanes) is 3. The van der Waals surface area contributed by atoms with Crippen molar-refractivity contribution in [2.75, 3.05) is 0 Å². The summed E-state index contributed by atoms with van der Waals surface area (Å²) >= 11 is 0. The lowest BCUT2D eigenvalue weighted by atomic mass is 9.72. The van der Waals surface area contributed by atoms with E-state index in [4.69, 9.17) is 0 Å². The zero-order valence-electron chi connectivity index (χ0n) is 16.4. The van der Waals surface area contributed by atoms with Crippen LogP contribution < -0.4 is 0 Å². The van der Waals surface area contributed by atoms with Gasteiger partial charge in [0, 0.05) is 5.92 Å². The van der Waals surface area contributed by atoms with E-state index < -0.39 is 0 Å². The van der Waals surface area contributed by atoms with Crippen LogP contribution in [-0.4, -0.2) is 0 Å². The van der Waals surface area contributed by atoms with Gasteiger partial charge in [-0.2, -0.15) is 0 Å². The molecule has 0 amide bonds. The van der Waals surface area contributed by atoms with Crippen molar-refractivity contribution >= 4 is 16.3 Å². The Labute approximate surface area is 154 Å². The second-order valence-corrected chi connectivity index (χ2v) is 7.66. The van der Waals surface area contributed by atoms with Gasteiger partial charge in [0.25, 0.3) is 0 Å². The third-order valence-corrected chi connectivity index (χ3v) is 5.87. The van der Waals surface area contributed by atoms with E-state index in [2.05, 4.69) is 57.2 Å². The Bertz CT molecular complexity index is 730. The highest BCUT2D eigenvalue weighted by molar-refractivity contribution is 5.99. The summed E-state index contributed by atoms with van der Waals surface area (Å²) in [5, 5.41) is 2.98. The topological polar surface area (TPSA) is 0 Å². The molecule has 1 unspecified atom stereocenters. The predicted molar refractivity (Wildman–Crippen MR) is 112 cm³/mol. The third-order valence-electron chi connectivity index (χ3n) is 5.87. The molecule has 2 aromatic carbocycles. The highest BCUT2D eigenvalue weighted by Gasteiger charge is 2.27. The lowest BCUT2D eigenvalue weighted by molar-refractivity contribution is 0.610. The largest absolute Gasteiger partial charge is 0.0654 e. The zero-order chi connectivity index (χ0) is 17.6. The van der Waals surface area contributed by atoms with E-state index in [1.54, 1.807) is 27.7 Å². The lowest BCUT2D eigenvalue weighted by Crippen LogP contribution is -2.12. The fourth-order valence-corrected chi connectivity index (χ4v) is 4.56. The van der Waals surface area contributed by atoms with Gasteiger partial charge in [0.2, 0.25) is 0 Å². The molecule has 0 aliphatic heterocycles. The summed E-state index contributed by atoms with van der Waals surface area (Å²) in [6.07, 6.45) is 11.7. The molecule has 0 radical (unpaired) electrons. The highest BCUT2D eigenvalue weighted by atomic mass is 14.3. The van der Waals surface area contributed by atoms with Gasteiger partial charge < -0.3 is 0 Å². The quantitative estimate of drug-likeness (QED) is 0.433. The van der Waals surface area contributed by atoms with Crippen LogP contribution in [0, 0.1) is 0 Å². The molecule has 0 nitrogen and oxygen atoms in total. The van der Waals surface area contributed by atoms with Gasteiger partial charge in [0.15, 0.2) is 0 Å². The minimum absolute atomic E-state index is 0.650. The van der Waals surface area contributed by atoms with Crippen LogP contribution in [0.4, 0.5) is 0 Å². The fraction of sp³-hybridized carbons (Fsp3) is 0.520. The average Bonchev–Trinajstić information content (AvgIpc) is 2.65. The first-order valence-corrected chi connectivity index (χ1v) is 10.6. The monoisotopic (exact) mass is 334 g/mol. The van der Waals surface area contributed by atoms with Gasteiger partial charge in [-0.15, -0.1) is 0 Å². The van der Waals surface area contributed by atoms with Gasteiger partial charge in [-0.05, 0) is 59.6 Å². The Morgan fingerprint density at radius 1 is 0.760 bits per heavy atom. The number of benzene rings is 2. The molecular formula is C25H34. The van der Waals surface area contributed by atoms with Gasteiger partial charge in [0.05, 0.1) is 0 Å². The molecule has 0 saturated heterocycles. The molecule has 1 aliphatic carbocycles. The molecule has 0 saturated carbocycles. The molecule has 0 spiro atoms. The van der Waals surface area contributed by atoms with E-state index in [9.17, 15) is 0 Å². The van der Waals surface area contributed by atoms with Gasteiger partial charge in [-0.3, -0.25) is 0 Å². The molecule has 0 heteroatoms. The first kappa shape index (κ1) is 18.2. The minimum Gasteiger partial charge on any atom is -0.0654 e. The maximum atomic E-state index is 2.41. The zero-order valence-corrected chi connectivity index (χ0v) is 16.4. The van der Waals surface area contributed by atoms with E-state index in [1.165, 1.54) is 63.2 Å². The molecule has 1 atom stereocenters. The summed E-state index contributed by atoms with van der Waals surface area (Å²) in [6, 6.07) is 13.9. The Balaban J connectivity index is 2.17. The van der Waals surface area contributed by atoms with Crippen molar-refractivity contribution in [3.05, 3.63) is 53.1 Å². The molecule has 25 heavy (non-hydrogen) atoms. The maximum Gasteiger partial charge on any atom is 0.00605 e. The SMILES string of the molecule is CCCCC1=C(CCCC)C(CCCC)c2cccc3cccc1c23. The van der Waals surface area contributed by atoms with Gasteiger partial charge in [0.1, 0.15) is 0 Å². The molecular weight excluding hydrogens is 300 g/mol. The summed E-state index contributed by atoms with van der Waals surface area (Å²) in [5.41, 5.74) is 6.61. The molecule has 3 rings (SSSR count). The van der Waals surface area contributed by atoms with Crippen LogP contribution in [0.3, 0.4) is 0 Å². The van der Waals surface area contributed by atoms with Gasteiger partial charge >= 0.3 is 0 Å². The Kier molecular flexibility index (Phi) is 6.34. The van der Waals surface area contributed by atoms with Gasteiger partial charge in [-0.25, -0.2) is 0 Å². The molecule has 0 bridgehead atoms. The summed E-state index contributed by atoms with van der Waals surface area (Å²) < 4.78 is 0. The van der Waals surface area contributed by atoms with Crippen molar-refractivity contribution in [2.24, 2.45) is 0 Å². The molecule has 0 heterocycles.